The first-order valence-corrected chi connectivity index (χ1v) is 11.1. The third-order valence-corrected chi connectivity index (χ3v) is 6.06. The van der Waals surface area contributed by atoms with Crippen molar-refractivity contribution in [3.05, 3.63) is 64.6 Å². The van der Waals surface area contributed by atoms with Gasteiger partial charge in [-0.2, -0.15) is 0 Å². The van der Waals surface area contributed by atoms with Crippen LogP contribution in [0, 0.1) is 5.92 Å². The molecule has 0 unspecified atom stereocenters. The molecule has 0 saturated carbocycles. The normalized spacial score (nSPS) is 14.8. The summed E-state index contributed by atoms with van der Waals surface area (Å²) < 4.78 is 1.54. The molecule has 1 N–H and O–H groups in total. The van der Waals surface area contributed by atoms with Gasteiger partial charge in [-0.3, -0.25) is 14.2 Å². The van der Waals surface area contributed by atoms with Gasteiger partial charge in [0.1, 0.15) is 5.52 Å². The highest BCUT2D eigenvalue weighted by atomic mass is 16.2. The smallest absolute Gasteiger partial charge is 0.294 e. The Bertz CT molecular complexity index is 1120. The summed E-state index contributed by atoms with van der Waals surface area (Å²) in [6.45, 7) is 3.56. The molecule has 0 spiro atoms. The first kappa shape index (κ1) is 22.0. The number of rotatable bonds is 7. The minimum Gasteiger partial charge on any atom is -0.355 e. The third-order valence-electron chi connectivity index (χ3n) is 6.06. The fourth-order valence-electron chi connectivity index (χ4n) is 4.19. The Morgan fingerprint density at radius 3 is 2.66 bits per heavy atom. The van der Waals surface area contributed by atoms with Crippen LogP contribution in [-0.2, 0) is 18.4 Å². The third kappa shape index (κ3) is 4.96. The Hall–Kier alpha value is -3.26. The molecule has 3 aromatic rings. The molecule has 32 heavy (non-hydrogen) atoms. The van der Waals surface area contributed by atoms with Crippen LogP contribution in [0.4, 0.5) is 5.82 Å². The number of pyridine rings is 1. The van der Waals surface area contributed by atoms with Crippen molar-refractivity contribution in [3.63, 3.8) is 0 Å². The summed E-state index contributed by atoms with van der Waals surface area (Å²) in [5.74, 6) is 0.507. The van der Waals surface area contributed by atoms with E-state index in [4.69, 9.17) is 0 Å². The Morgan fingerprint density at radius 1 is 1.16 bits per heavy atom. The second-order valence-corrected chi connectivity index (χ2v) is 8.42. The maximum absolute atomic E-state index is 12.8. The highest BCUT2D eigenvalue weighted by Gasteiger charge is 2.27. The molecular formula is C24H30N6O2. The van der Waals surface area contributed by atoms with Crippen LogP contribution < -0.4 is 15.8 Å². The van der Waals surface area contributed by atoms with Crippen LogP contribution >= 0.6 is 0 Å². The van der Waals surface area contributed by atoms with Crippen molar-refractivity contribution in [3.8, 4) is 0 Å². The van der Waals surface area contributed by atoms with Gasteiger partial charge in [0.15, 0.2) is 11.5 Å². The molecule has 0 atom stereocenters. The SMILES string of the molecule is CN(CCNC(=O)C1CCN(c2nc3cccnc3n(C)c2=O)CC1)Cc1ccccc1. The second kappa shape index (κ2) is 9.91. The van der Waals surface area contributed by atoms with Crippen LogP contribution in [-0.4, -0.2) is 58.6 Å². The zero-order valence-electron chi connectivity index (χ0n) is 18.7. The van der Waals surface area contributed by atoms with E-state index in [0.717, 1.165) is 13.1 Å². The number of carbonyl (C=O) groups is 1. The van der Waals surface area contributed by atoms with Gasteiger partial charge in [-0.25, -0.2) is 9.97 Å². The Morgan fingerprint density at radius 2 is 1.91 bits per heavy atom. The number of likely N-dealkylation sites (N-methyl/N-ethyl adjacent to an activating group) is 1. The number of hydrogen-bond donors (Lipinski definition) is 1. The van der Waals surface area contributed by atoms with Gasteiger partial charge in [-0.05, 0) is 37.6 Å². The number of carbonyl (C=O) groups excluding carboxylic acids is 1. The molecule has 1 aliphatic rings. The summed E-state index contributed by atoms with van der Waals surface area (Å²) in [6.07, 6.45) is 3.08. The molecule has 1 fully saturated rings. The van der Waals surface area contributed by atoms with Gasteiger partial charge in [0.25, 0.3) is 5.56 Å². The summed E-state index contributed by atoms with van der Waals surface area (Å²) in [7, 11) is 3.78. The molecule has 0 radical (unpaired) electrons. The van der Waals surface area contributed by atoms with Crippen molar-refractivity contribution in [1.29, 1.82) is 0 Å². The monoisotopic (exact) mass is 434 g/mol. The van der Waals surface area contributed by atoms with Gasteiger partial charge in [-0.1, -0.05) is 30.3 Å². The van der Waals surface area contributed by atoms with Crippen LogP contribution in [0.25, 0.3) is 11.2 Å². The van der Waals surface area contributed by atoms with Gasteiger partial charge in [0.2, 0.25) is 5.91 Å². The lowest BCUT2D eigenvalue weighted by Gasteiger charge is -2.32. The van der Waals surface area contributed by atoms with Crippen LogP contribution in [0.5, 0.6) is 0 Å². The summed E-state index contributed by atoms with van der Waals surface area (Å²) in [6, 6.07) is 14.0. The lowest BCUT2D eigenvalue weighted by atomic mass is 9.96. The zero-order chi connectivity index (χ0) is 22.5. The highest BCUT2D eigenvalue weighted by molar-refractivity contribution is 5.79. The first-order valence-electron chi connectivity index (χ1n) is 11.1. The number of anilines is 1. The van der Waals surface area contributed by atoms with Crippen molar-refractivity contribution >= 4 is 22.9 Å². The highest BCUT2D eigenvalue weighted by Crippen LogP contribution is 2.21. The molecule has 4 rings (SSSR count). The number of aryl methyl sites for hydroxylation is 1. The number of benzene rings is 1. The molecule has 2 aromatic heterocycles. The summed E-state index contributed by atoms with van der Waals surface area (Å²) in [5, 5.41) is 3.08. The molecule has 1 aromatic carbocycles. The Balaban J connectivity index is 1.27. The number of hydrogen-bond acceptors (Lipinski definition) is 6. The topological polar surface area (TPSA) is 83.4 Å². The maximum Gasteiger partial charge on any atom is 0.294 e. The van der Waals surface area contributed by atoms with E-state index in [-0.39, 0.29) is 17.4 Å². The molecule has 8 heteroatoms. The Kier molecular flexibility index (Phi) is 6.80. The van der Waals surface area contributed by atoms with E-state index in [1.54, 1.807) is 17.8 Å². The number of nitrogens with zero attached hydrogens (tertiary/aromatic N) is 5. The number of piperidine rings is 1. The van der Waals surface area contributed by atoms with Crippen molar-refractivity contribution in [2.24, 2.45) is 13.0 Å². The van der Waals surface area contributed by atoms with Gasteiger partial charge < -0.3 is 15.1 Å². The standard InChI is InChI=1S/C24H30N6O2/c1-28(17-18-7-4-3-5-8-18)16-13-26-23(31)19-10-14-30(15-11-19)22-24(32)29(2)21-20(27-22)9-6-12-25-21/h3-9,12,19H,10-11,13-17H2,1-2H3,(H,26,31). The van der Waals surface area contributed by atoms with Crippen molar-refractivity contribution in [2.75, 3.05) is 38.1 Å². The minimum absolute atomic E-state index is 0.0309. The van der Waals surface area contributed by atoms with E-state index < -0.39 is 0 Å². The van der Waals surface area contributed by atoms with Gasteiger partial charge >= 0.3 is 0 Å². The van der Waals surface area contributed by atoms with Gasteiger partial charge in [-0.15, -0.1) is 0 Å². The molecule has 1 aliphatic heterocycles. The summed E-state index contributed by atoms with van der Waals surface area (Å²) in [4.78, 5) is 38.4. The molecule has 168 valence electrons. The second-order valence-electron chi connectivity index (χ2n) is 8.42. The van der Waals surface area contributed by atoms with E-state index >= 15 is 0 Å². The predicted molar refractivity (Wildman–Crippen MR) is 126 cm³/mol. The molecule has 1 amide bonds. The maximum atomic E-state index is 12.8. The predicted octanol–water partition coefficient (Wildman–Crippen LogP) is 1.79. The van der Waals surface area contributed by atoms with Gasteiger partial charge in [0.05, 0.1) is 0 Å². The Labute approximate surface area is 187 Å². The van der Waals surface area contributed by atoms with Crippen molar-refractivity contribution in [1.82, 2.24) is 24.8 Å². The lowest BCUT2D eigenvalue weighted by Crippen LogP contribution is -2.44. The molecule has 8 nitrogen and oxygen atoms in total. The molecule has 3 heterocycles. The number of fused-ring (bicyclic) bond motifs is 1. The molecule has 1 saturated heterocycles. The van der Waals surface area contributed by atoms with Crippen LogP contribution in [0.2, 0.25) is 0 Å². The van der Waals surface area contributed by atoms with E-state index in [0.29, 0.717) is 49.5 Å². The molecular weight excluding hydrogens is 404 g/mol. The number of nitrogens with one attached hydrogen (secondary N) is 1. The average Bonchev–Trinajstić information content (AvgIpc) is 2.82. The van der Waals surface area contributed by atoms with Gasteiger partial charge in [0, 0.05) is 51.9 Å². The molecule has 0 bridgehead atoms. The fraction of sp³-hybridized carbons (Fsp3) is 0.417. The van der Waals surface area contributed by atoms with Crippen LogP contribution in [0.1, 0.15) is 18.4 Å². The van der Waals surface area contributed by atoms with Crippen molar-refractivity contribution in [2.45, 2.75) is 19.4 Å². The average molecular weight is 435 g/mol. The zero-order valence-corrected chi connectivity index (χ0v) is 18.7. The lowest BCUT2D eigenvalue weighted by molar-refractivity contribution is -0.125. The summed E-state index contributed by atoms with van der Waals surface area (Å²) in [5.41, 5.74) is 2.38. The summed E-state index contributed by atoms with van der Waals surface area (Å²) >= 11 is 0. The largest absolute Gasteiger partial charge is 0.355 e. The minimum atomic E-state index is -0.152. The molecule has 0 aliphatic carbocycles. The van der Waals surface area contributed by atoms with Crippen LogP contribution in [0.15, 0.2) is 53.5 Å². The van der Waals surface area contributed by atoms with E-state index in [1.807, 2.05) is 35.2 Å². The van der Waals surface area contributed by atoms with E-state index in [1.165, 1.54) is 5.56 Å². The van der Waals surface area contributed by atoms with E-state index in [9.17, 15) is 9.59 Å². The van der Waals surface area contributed by atoms with E-state index in [2.05, 4.69) is 39.4 Å². The first-order chi connectivity index (χ1) is 15.5. The van der Waals surface area contributed by atoms with Crippen molar-refractivity contribution < 1.29 is 4.79 Å². The number of amides is 1. The quantitative estimate of drug-likeness (QED) is 0.611. The fourth-order valence-corrected chi connectivity index (χ4v) is 4.19. The van der Waals surface area contributed by atoms with Crippen LogP contribution in [0.3, 0.4) is 0 Å². The number of aromatic nitrogens is 3.